The van der Waals surface area contributed by atoms with Crippen molar-refractivity contribution < 1.29 is 4.79 Å². The van der Waals surface area contributed by atoms with Crippen molar-refractivity contribution in [2.24, 2.45) is 10.9 Å². The van der Waals surface area contributed by atoms with E-state index in [2.05, 4.69) is 30.1 Å². The number of nitrogens with zero attached hydrogens (tertiary/aromatic N) is 1. The number of β-lactam (4-membered cyclic amide) rings is 1. The van der Waals surface area contributed by atoms with E-state index in [4.69, 9.17) is 0 Å². The lowest BCUT2D eigenvalue weighted by atomic mass is 9.90. The van der Waals surface area contributed by atoms with Crippen LogP contribution < -0.4 is 15.7 Å². The first-order chi connectivity index (χ1) is 7.22. The Bertz CT molecular complexity index is 290. The third-order valence-corrected chi connectivity index (χ3v) is 2.60. The fraction of sp³-hybridized carbons (Fsp3) is 0.556. The molecular formula is C9H17N4OP. The number of carbonyl (C=O) groups excluding carboxylic acids is 1. The standard InChI is InChI=1S/C9H17N4OP/c1-3-4-7-6(8(14)12-7)5-11-9(10-2)13-15/h3-4,6-7H,5,15H2,1-2H3,(H,12,14)(H2,10,11,13). The van der Waals surface area contributed by atoms with Crippen LogP contribution in [0.2, 0.25) is 0 Å². The summed E-state index contributed by atoms with van der Waals surface area (Å²) in [5.41, 5.74) is 0. The molecule has 3 atom stereocenters. The van der Waals surface area contributed by atoms with Gasteiger partial charge in [0.1, 0.15) is 0 Å². The Morgan fingerprint density at radius 2 is 2.47 bits per heavy atom. The van der Waals surface area contributed by atoms with Gasteiger partial charge in [0.15, 0.2) is 5.96 Å². The van der Waals surface area contributed by atoms with Gasteiger partial charge >= 0.3 is 0 Å². The highest BCUT2D eigenvalue weighted by Gasteiger charge is 2.36. The lowest BCUT2D eigenvalue weighted by Crippen LogP contribution is -2.61. The summed E-state index contributed by atoms with van der Waals surface area (Å²) in [6.45, 7) is 2.53. The maximum absolute atomic E-state index is 11.3. The lowest BCUT2D eigenvalue weighted by molar-refractivity contribution is -0.133. The normalized spacial score (nSPS) is 26.1. The number of allylic oxidation sites excluding steroid dienone is 1. The van der Waals surface area contributed by atoms with Crippen LogP contribution >= 0.6 is 9.39 Å². The summed E-state index contributed by atoms with van der Waals surface area (Å²) >= 11 is 0. The second-order valence-corrected chi connectivity index (χ2v) is 3.55. The van der Waals surface area contributed by atoms with Crippen molar-refractivity contribution in [3.8, 4) is 0 Å². The van der Waals surface area contributed by atoms with E-state index in [1.165, 1.54) is 0 Å². The van der Waals surface area contributed by atoms with Crippen molar-refractivity contribution in [2.75, 3.05) is 13.6 Å². The van der Waals surface area contributed by atoms with E-state index in [0.717, 1.165) is 0 Å². The van der Waals surface area contributed by atoms with Crippen LogP contribution in [-0.2, 0) is 4.79 Å². The van der Waals surface area contributed by atoms with Gasteiger partial charge in [-0.2, -0.15) is 0 Å². The fourth-order valence-electron chi connectivity index (χ4n) is 1.45. The number of guanidine groups is 1. The molecule has 6 heteroatoms. The van der Waals surface area contributed by atoms with Crippen molar-refractivity contribution in [1.82, 2.24) is 15.7 Å². The summed E-state index contributed by atoms with van der Waals surface area (Å²) in [4.78, 5) is 15.2. The summed E-state index contributed by atoms with van der Waals surface area (Å²) < 4.78 is 0. The Hall–Kier alpha value is -1.09. The molecule has 5 nitrogen and oxygen atoms in total. The molecule has 1 heterocycles. The van der Waals surface area contributed by atoms with Gasteiger partial charge < -0.3 is 15.7 Å². The van der Waals surface area contributed by atoms with E-state index in [9.17, 15) is 4.79 Å². The first-order valence-electron chi connectivity index (χ1n) is 4.83. The summed E-state index contributed by atoms with van der Waals surface area (Å²) in [6, 6.07) is 0.151. The highest BCUT2D eigenvalue weighted by Crippen LogP contribution is 2.15. The first kappa shape index (κ1) is 12.0. The van der Waals surface area contributed by atoms with Crippen LogP contribution in [0.5, 0.6) is 0 Å². The number of rotatable bonds is 3. The molecule has 15 heavy (non-hydrogen) atoms. The Morgan fingerprint density at radius 1 is 1.73 bits per heavy atom. The summed E-state index contributed by atoms with van der Waals surface area (Å²) in [6.07, 6.45) is 3.94. The smallest absolute Gasteiger partial charge is 0.227 e. The second kappa shape index (κ2) is 5.71. The third kappa shape index (κ3) is 2.93. The zero-order valence-electron chi connectivity index (χ0n) is 8.95. The van der Waals surface area contributed by atoms with Crippen molar-refractivity contribution in [1.29, 1.82) is 0 Å². The molecule has 1 amide bonds. The summed E-state index contributed by atoms with van der Waals surface area (Å²) in [7, 11) is 4.04. The SMILES string of the molecule is CC=CC1NC(=O)C1CNC(=NC)NP. The minimum atomic E-state index is -0.00343. The topological polar surface area (TPSA) is 65.5 Å². The van der Waals surface area contributed by atoms with E-state index in [-0.39, 0.29) is 17.9 Å². The van der Waals surface area contributed by atoms with Crippen LogP contribution in [0.4, 0.5) is 0 Å². The molecule has 1 aliphatic heterocycles. The number of hydrogen-bond donors (Lipinski definition) is 3. The lowest BCUT2D eigenvalue weighted by Gasteiger charge is -2.35. The molecule has 0 aromatic heterocycles. The number of nitrogens with one attached hydrogen (secondary N) is 3. The first-order valence-corrected chi connectivity index (χ1v) is 5.41. The van der Waals surface area contributed by atoms with Crippen molar-refractivity contribution >= 4 is 21.3 Å². The molecule has 1 saturated heterocycles. The third-order valence-electron chi connectivity index (χ3n) is 2.33. The molecule has 0 spiro atoms. The number of amides is 1. The van der Waals surface area contributed by atoms with Gasteiger partial charge in [-0.25, -0.2) is 0 Å². The molecule has 0 bridgehead atoms. The highest BCUT2D eigenvalue weighted by molar-refractivity contribution is 7.15. The molecule has 1 fully saturated rings. The van der Waals surface area contributed by atoms with Crippen molar-refractivity contribution in [2.45, 2.75) is 13.0 Å². The maximum atomic E-state index is 11.3. The summed E-state index contributed by atoms with van der Waals surface area (Å²) in [5.74, 6) is 0.750. The van der Waals surface area contributed by atoms with Gasteiger partial charge in [-0.1, -0.05) is 12.2 Å². The molecule has 3 N–H and O–H groups in total. The molecule has 0 aliphatic carbocycles. The molecule has 1 rings (SSSR count). The van der Waals surface area contributed by atoms with E-state index in [1.54, 1.807) is 7.05 Å². The van der Waals surface area contributed by atoms with Crippen LogP contribution in [0.3, 0.4) is 0 Å². The van der Waals surface area contributed by atoms with Crippen LogP contribution in [-0.4, -0.2) is 31.5 Å². The predicted molar refractivity (Wildman–Crippen MR) is 64.4 cm³/mol. The van der Waals surface area contributed by atoms with Crippen molar-refractivity contribution in [3.63, 3.8) is 0 Å². The average molecular weight is 228 g/mol. The molecule has 84 valence electrons. The van der Waals surface area contributed by atoms with E-state index < -0.39 is 0 Å². The molecule has 3 unspecified atom stereocenters. The molecule has 1 aliphatic rings. The molecule has 0 aromatic carbocycles. The van der Waals surface area contributed by atoms with Gasteiger partial charge in [-0.3, -0.25) is 9.79 Å². The molecule has 0 aromatic rings. The minimum absolute atomic E-state index is 0.00343. The van der Waals surface area contributed by atoms with Gasteiger partial charge in [0.2, 0.25) is 5.91 Å². The highest BCUT2D eigenvalue weighted by atomic mass is 31.0. The summed E-state index contributed by atoms with van der Waals surface area (Å²) in [5, 5.41) is 8.71. The Morgan fingerprint density at radius 3 is 2.93 bits per heavy atom. The monoisotopic (exact) mass is 228 g/mol. The van der Waals surface area contributed by atoms with Crippen LogP contribution in [0.1, 0.15) is 6.92 Å². The Kier molecular flexibility index (Phi) is 4.56. The fourth-order valence-corrected chi connectivity index (χ4v) is 1.68. The predicted octanol–water partition coefficient (Wildman–Crippen LogP) is -0.368. The van der Waals surface area contributed by atoms with Gasteiger partial charge in [-0.05, 0) is 16.3 Å². The van der Waals surface area contributed by atoms with Crippen molar-refractivity contribution in [3.05, 3.63) is 12.2 Å². The molecular weight excluding hydrogens is 211 g/mol. The second-order valence-electron chi connectivity index (χ2n) is 3.26. The Labute approximate surface area is 92.1 Å². The van der Waals surface area contributed by atoms with Gasteiger partial charge in [-0.15, -0.1) is 0 Å². The van der Waals surface area contributed by atoms with E-state index in [1.807, 2.05) is 19.1 Å². The Balaban J connectivity index is 2.40. The molecule has 0 radical (unpaired) electrons. The average Bonchev–Trinajstić information content (AvgIpc) is 2.24. The maximum Gasteiger partial charge on any atom is 0.227 e. The number of aliphatic imine (C=N–C) groups is 1. The van der Waals surface area contributed by atoms with E-state index in [0.29, 0.717) is 12.5 Å². The largest absolute Gasteiger partial charge is 0.355 e. The zero-order chi connectivity index (χ0) is 11.3. The van der Waals surface area contributed by atoms with Gasteiger partial charge in [0.05, 0.1) is 12.0 Å². The van der Waals surface area contributed by atoms with Gasteiger partial charge in [0.25, 0.3) is 0 Å². The van der Waals surface area contributed by atoms with Crippen LogP contribution in [0.25, 0.3) is 0 Å². The number of carbonyl (C=O) groups is 1. The minimum Gasteiger partial charge on any atom is -0.355 e. The van der Waals surface area contributed by atoms with Gasteiger partial charge in [0, 0.05) is 13.6 Å². The van der Waals surface area contributed by atoms with E-state index >= 15 is 0 Å². The number of hydrogen-bond acceptors (Lipinski definition) is 2. The van der Waals surface area contributed by atoms with Crippen LogP contribution in [0, 0.1) is 5.92 Å². The zero-order valence-corrected chi connectivity index (χ0v) is 10.1. The quantitative estimate of drug-likeness (QED) is 0.203. The molecule has 0 saturated carbocycles. The van der Waals surface area contributed by atoms with Crippen LogP contribution in [0.15, 0.2) is 17.1 Å².